The summed E-state index contributed by atoms with van der Waals surface area (Å²) >= 11 is 0. The second kappa shape index (κ2) is 5.64. The predicted molar refractivity (Wildman–Crippen MR) is 57.0 cm³/mol. The van der Waals surface area contributed by atoms with Crippen LogP contribution in [0.2, 0.25) is 0 Å². The Bertz CT molecular complexity index is 379. The summed E-state index contributed by atoms with van der Waals surface area (Å²) in [6, 6.07) is 1.33. The van der Waals surface area contributed by atoms with Crippen LogP contribution in [0.1, 0.15) is 23.7 Å². The third kappa shape index (κ3) is 3.52. The van der Waals surface area contributed by atoms with Crippen LogP contribution in [-0.2, 0) is 0 Å². The minimum atomic E-state index is -0.270. The molecule has 0 aromatic carbocycles. The average Bonchev–Trinajstić information content (AvgIpc) is 2.29. The van der Waals surface area contributed by atoms with E-state index in [2.05, 4.69) is 20.7 Å². The molecule has 16 heavy (non-hydrogen) atoms. The molecule has 7 heteroatoms. The maximum Gasteiger partial charge on any atom is 0.253 e. The number of aromatic nitrogens is 2. The third-order valence-electron chi connectivity index (χ3n) is 1.87. The van der Waals surface area contributed by atoms with Gasteiger partial charge >= 0.3 is 0 Å². The first-order valence-corrected chi connectivity index (χ1v) is 4.67. The van der Waals surface area contributed by atoms with Gasteiger partial charge in [0.05, 0.1) is 18.0 Å². The van der Waals surface area contributed by atoms with Crippen molar-refractivity contribution < 1.29 is 10.0 Å². The normalized spacial score (nSPS) is 13.2. The summed E-state index contributed by atoms with van der Waals surface area (Å²) in [4.78, 5) is 11.6. The Morgan fingerprint density at radius 2 is 2.44 bits per heavy atom. The molecule has 1 amide bonds. The van der Waals surface area contributed by atoms with E-state index in [0.29, 0.717) is 5.56 Å². The Labute approximate surface area is 92.4 Å². The van der Waals surface area contributed by atoms with Crippen LogP contribution in [0.15, 0.2) is 23.6 Å². The SMILES string of the molecule is CC(C/C(N)=N/O)NC(=O)c1ccnnc1. The molecule has 1 rings (SSSR count). The lowest BCUT2D eigenvalue weighted by atomic mass is 10.2. The van der Waals surface area contributed by atoms with Gasteiger partial charge in [0, 0.05) is 12.5 Å². The van der Waals surface area contributed by atoms with Crippen molar-refractivity contribution >= 4 is 11.7 Å². The highest BCUT2D eigenvalue weighted by Gasteiger charge is 2.11. The zero-order valence-corrected chi connectivity index (χ0v) is 8.79. The number of hydrogen-bond acceptors (Lipinski definition) is 5. The molecule has 4 N–H and O–H groups in total. The number of nitrogens with one attached hydrogen (secondary N) is 1. The monoisotopic (exact) mass is 223 g/mol. The van der Waals surface area contributed by atoms with E-state index in [9.17, 15) is 4.79 Å². The Morgan fingerprint density at radius 3 is 3.00 bits per heavy atom. The number of carbonyl (C=O) groups is 1. The third-order valence-corrected chi connectivity index (χ3v) is 1.87. The zero-order valence-electron chi connectivity index (χ0n) is 8.79. The van der Waals surface area contributed by atoms with Crippen LogP contribution in [0, 0.1) is 0 Å². The minimum Gasteiger partial charge on any atom is -0.409 e. The first-order chi connectivity index (χ1) is 7.63. The fourth-order valence-electron chi connectivity index (χ4n) is 1.14. The highest BCUT2D eigenvalue weighted by atomic mass is 16.4. The largest absolute Gasteiger partial charge is 0.409 e. The lowest BCUT2D eigenvalue weighted by Gasteiger charge is -2.12. The van der Waals surface area contributed by atoms with Crippen molar-refractivity contribution in [2.24, 2.45) is 10.9 Å². The number of rotatable bonds is 4. The Kier molecular flexibility index (Phi) is 4.19. The van der Waals surface area contributed by atoms with E-state index in [1.54, 1.807) is 13.0 Å². The van der Waals surface area contributed by atoms with Gasteiger partial charge in [-0.3, -0.25) is 4.79 Å². The summed E-state index contributed by atoms with van der Waals surface area (Å²) in [5.41, 5.74) is 5.73. The molecule has 1 aromatic heterocycles. The Hall–Kier alpha value is -2.18. The van der Waals surface area contributed by atoms with Crippen LogP contribution < -0.4 is 11.1 Å². The molecule has 0 aliphatic carbocycles. The lowest BCUT2D eigenvalue weighted by molar-refractivity contribution is 0.0940. The molecule has 1 heterocycles. The quantitative estimate of drug-likeness (QED) is 0.281. The Balaban J connectivity index is 2.52. The summed E-state index contributed by atoms with van der Waals surface area (Å²) in [6.07, 6.45) is 3.08. The van der Waals surface area contributed by atoms with Gasteiger partial charge in [-0.05, 0) is 13.0 Å². The molecule has 0 saturated heterocycles. The Morgan fingerprint density at radius 1 is 1.69 bits per heavy atom. The molecule has 7 nitrogen and oxygen atoms in total. The molecule has 0 aliphatic heterocycles. The molecule has 0 spiro atoms. The van der Waals surface area contributed by atoms with Crippen molar-refractivity contribution in [3.8, 4) is 0 Å². The fourth-order valence-corrected chi connectivity index (χ4v) is 1.14. The molecule has 1 aromatic rings. The highest BCUT2D eigenvalue weighted by Crippen LogP contribution is 1.97. The maximum atomic E-state index is 11.6. The first kappa shape index (κ1) is 11.9. The summed E-state index contributed by atoms with van der Waals surface area (Å²) < 4.78 is 0. The van der Waals surface area contributed by atoms with Crippen molar-refractivity contribution in [1.29, 1.82) is 0 Å². The molecule has 0 radical (unpaired) electrons. The second-order valence-corrected chi connectivity index (χ2v) is 3.30. The molecule has 0 aliphatic rings. The van der Waals surface area contributed by atoms with Crippen molar-refractivity contribution in [2.45, 2.75) is 19.4 Å². The molecule has 0 fully saturated rings. The van der Waals surface area contributed by atoms with Crippen molar-refractivity contribution in [2.75, 3.05) is 0 Å². The van der Waals surface area contributed by atoms with Gasteiger partial charge in [-0.15, -0.1) is 0 Å². The predicted octanol–water partition coefficient (Wildman–Crippen LogP) is -0.269. The molecule has 86 valence electrons. The van der Waals surface area contributed by atoms with Crippen molar-refractivity contribution in [1.82, 2.24) is 15.5 Å². The van der Waals surface area contributed by atoms with Gasteiger partial charge in [0.25, 0.3) is 5.91 Å². The van der Waals surface area contributed by atoms with Crippen LogP contribution in [0.4, 0.5) is 0 Å². The second-order valence-electron chi connectivity index (χ2n) is 3.30. The number of nitrogens with zero attached hydrogens (tertiary/aromatic N) is 3. The summed E-state index contributed by atoms with van der Waals surface area (Å²) in [5.74, 6) is -0.200. The average molecular weight is 223 g/mol. The van der Waals surface area contributed by atoms with Gasteiger partial charge in [-0.2, -0.15) is 10.2 Å². The highest BCUT2D eigenvalue weighted by molar-refractivity contribution is 5.94. The first-order valence-electron chi connectivity index (χ1n) is 4.67. The standard InChI is InChI=1S/C9H13N5O2/c1-6(4-8(10)14-16)13-9(15)7-2-3-11-12-5-7/h2-3,5-6,16H,4H2,1H3,(H2,10,14)(H,13,15). The number of amides is 1. The van der Waals surface area contributed by atoms with E-state index in [0.717, 1.165) is 0 Å². The van der Waals surface area contributed by atoms with E-state index < -0.39 is 0 Å². The number of amidine groups is 1. The number of carbonyl (C=O) groups excluding carboxylic acids is 1. The summed E-state index contributed by atoms with van der Waals surface area (Å²) in [6.45, 7) is 1.75. The van der Waals surface area contributed by atoms with Crippen LogP contribution in [-0.4, -0.2) is 33.2 Å². The van der Waals surface area contributed by atoms with Crippen LogP contribution in [0.25, 0.3) is 0 Å². The summed E-state index contributed by atoms with van der Waals surface area (Å²) in [5, 5.41) is 21.0. The topological polar surface area (TPSA) is 113 Å². The van der Waals surface area contributed by atoms with Crippen LogP contribution in [0.3, 0.4) is 0 Å². The summed E-state index contributed by atoms with van der Waals surface area (Å²) in [7, 11) is 0. The van der Waals surface area contributed by atoms with E-state index in [-0.39, 0.29) is 24.2 Å². The molecular weight excluding hydrogens is 210 g/mol. The number of nitrogens with two attached hydrogens (primary N) is 1. The van der Waals surface area contributed by atoms with Crippen LogP contribution >= 0.6 is 0 Å². The van der Waals surface area contributed by atoms with E-state index in [1.807, 2.05) is 0 Å². The van der Waals surface area contributed by atoms with Gasteiger partial charge < -0.3 is 16.3 Å². The number of hydrogen-bond donors (Lipinski definition) is 3. The van der Waals surface area contributed by atoms with Crippen molar-refractivity contribution in [3.05, 3.63) is 24.0 Å². The molecule has 1 atom stereocenters. The van der Waals surface area contributed by atoms with Crippen LogP contribution in [0.5, 0.6) is 0 Å². The van der Waals surface area contributed by atoms with Gasteiger partial charge in [0.15, 0.2) is 0 Å². The lowest BCUT2D eigenvalue weighted by Crippen LogP contribution is -2.35. The zero-order chi connectivity index (χ0) is 12.0. The van der Waals surface area contributed by atoms with E-state index in [4.69, 9.17) is 10.9 Å². The minimum absolute atomic E-state index is 0.0700. The maximum absolute atomic E-state index is 11.6. The number of oxime groups is 1. The van der Waals surface area contributed by atoms with E-state index in [1.165, 1.54) is 12.4 Å². The van der Waals surface area contributed by atoms with Gasteiger partial charge in [-0.1, -0.05) is 5.16 Å². The molecule has 0 saturated carbocycles. The van der Waals surface area contributed by atoms with Gasteiger partial charge in [0.2, 0.25) is 0 Å². The van der Waals surface area contributed by atoms with Crippen molar-refractivity contribution in [3.63, 3.8) is 0 Å². The van der Waals surface area contributed by atoms with Gasteiger partial charge in [-0.25, -0.2) is 0 Å². The molecule has 1 unspecified atom stereocenters. The molecular formula is C9H13N5O2. The van der Waals surface area contributed by atoms with E-state index >= 15 is 0 Å². The van der Waals surface area contributed by atoms with Gasteiger partial charge in [0.1, 0.15) is 5.84 Å². The smallest absolute Gasteiger partial charge is 0.253 e. The molecule has 0 bridgehead atoms. The fraction of sp³-hybridized carbons (Fsp3) is 0.333.